The molecule has 7 rings (SSSR count). The molecule has 0 radical (unpaired) electrons. The maximum atomic E-state index is 14.1. The first kappa shape index (κ1) is 36.1. The van der Waals surface area contributed by atoms with E-state index < -0.39 is 17.6 Å². The summed E-state index contributed by atoms with van der Waals surface area (Å²) in [6.45, 7) is 5.25. The zero-order valence-electron chi connectivity index (χ0n) is 28.3. The molecule has 3 aliphatic heterocycles. The van der Waals surface area contributed by atoms with Crippen LogP contribution in [0, 0.1) is 5.92 Å². The van der Waals surface area contributed by atoms with Crippen molar-refractivity contribution < 1.29 is 28.5 Å². The van der Waals surface area contributed by atoms with E-state index in [1.165, 1.54) is 23.7 Å². The lowest BCUT2D eigenvalue weighted by molar-refractivity contribution is -0.168. The maximum Gasteiger partial charge on any atom is 0.348 e. The molecule has 3 saturated heterocycles. The second kappa shape index (κ2) is 16.1. The Balaban J connectivity index is 1.21. The van der Waals surface area contributed by atoms with Crippen molar-refractivity contribution >= 4 is 46.5 Å². The Hall–Kier alpha value is -3.67. The van der Waals surface area contributed by atoms with Crippen LogP contribution in [-0.4, -0.2) is 61.8 Å². The molecular formula is C38H41Cl2N3O6S. The molecule has 0 aliphatic carbocycles. The number of pyridine rings is 1. The highest BCUT2D eigenvalue weighted by molar-refractivity contribution is 7.13. The van der Waals surface area contributed by atoms with E-state index in [9.17, 15) is 9.59 Å². The van der Waals surface area contributed by atoms with Crippen molar-refractivity contribution in [3.05, 3.63) is 110 Å². The van der Waals surface area contributed by atoms with Crippen LogP contribution in [-0.2, 0) is 32.8 Å². The second-order valence-corrected chi connectivity index (χ2v) is 14.6. The highest BCUT2D eigenvalue weighted by Crippen LogP contribution is 2.37. The van der Waals surface area contributed by atoms with Gasteiger partial charge in [0.25, 0.3) is 0 Å². The van der Waals surface area contributed by atoms with Gasteiger partial charge in [-0.2, -0.15) is 0 Å². The third-order valence-electron chi connectivity index (χ3n) is 9.80. The number of halogens is 2. The number of benzene rings is 2. The summed E-state index contributed by atoms with van der Waals surface area (Å²) in [5.74, 6) is 0.658. The number of methoxy groups -OCH3 is 2. The van der Waals surface area contributed by atoms with Gasteiger partial charge in [0.2, 0.25) is 0 Å². The van der Waals surface area contributed by atoms with Crippen LogP contribution in [0.4, 0.5) is 0 Å². The molecule has 50 heavy (non-hydrogen) atoms. The monoisotopic (exact) mass is 737 g/mol. The summed E-state index contributed by atoms with van der Waals surface area (Å²) in [5, 5.41) is 4.28. The van der Waals surface area contributed by atoms with Gasteiger partial charge in [0.15, 0.2) is 11.5 Å². The highest BCUT2D eigenvalue weighted by atomic mass is 35.5. The van der Waals surface area contributed by atoms with E-state index in [1.807, 2.05) is 49.4 Å². The van der Waals surface area contributed by atoms with Crippen LogP contribution in [0.5, 0.6) is 11.5 Å². The molecule has 12 heteroatoms. The lowest BCUT2D eigenvalue weighted by Crippen LogP contribution is -2.56. The number of hydrogen-bond donors (Lipinski definition) is 1. The number of nitrogens with zero attached hydrogens (tertiary/aromatic N) is 2. The van der Waals surface area contributed by atoms with Gasteiger partial charge in [0.1, 0.15) is 22.6 Å². The Labute approximate surface area is 306 Å². The molecule has 0 amide bonds. The fourth-order valence-corrected chi connectivity index (χ4v) is 8.23. The largest absolute Gasteiger partial charge is 0.493 e. The van der Waals surface area contributed by atoms with Crippen molar-refractivity contribution in [2.24, 2.45) is 5.92 Å². The molecule has 264 valence electrons. The van der Waals surface area contributed by atoms with Gasteiger partial charge in [-0.1, -0.05) is 66.5 Å². The standard InChI is InChI=1S/C38H41Cl2N3O6S/c1-4-38(26-8-6-5-7-9-26,37(45)49-34-23-43-16-14-24(34)15-17-43)42-20-27-11-13-35(50-27)36(44)48-32(19-28-29(39)21-41-22-30(28)40)25-10-12-31(46-2)33(18-25)47-3/h5-13,18,21-22,24,32,34,42H,4,14-17,19-20,23H2,1-3H3/t32-,34-,38?/m0/s1. The summed E-state index contributed by atoms with van der Waals surface area (Å²) in [4.78, 5) is 35.5. The van der Waals surface area contributed by atoms with Crippen molar-refractivity contribution in [1.29, 1.82) is 0 Å². The molecule has 5 heterocycles. The van der Waals surface area contributed by atoms with Crippen LogP contribution in [0.15, 0.2) is 73.1 Å². The molecule has 3 fully saturated rings. The Kier molecular flexibility index (Phi) is 11.7. The van der Waals surface area contributed by atoms with E-state index in [0.29, 0.717) is 56.4 Å². The minimum atomic E-state index is -1.06. The van der Waals surface area contributed by atoms with Gasteiger partial charge < -0.3 is 18.9 Å². The van der Waals surface area contributed by atoms with Crippen molar-refractivity contribution in [3.63, 3.8) is 0 Å². The summed E-state index contributed by atoms with van der Waals surface area (Å²) < 4.78 is 23.4. The first-order valence-electron chi connectivity index (χ1n) is 16.8. The Morgan fingerprint density at radius 1 is 1.00 bits per heavy atom. The third kappa shape index (κ3) is 7.80. The predicted octanol–water partition coefficient (Wildman–Crippen LogP) is 7.64. The molecule has 0 saturated carbocycles. The molecule has 9 nitrogen and oxygen atoms in total. The molecule has 3 atom stereocenters. The summed E-state index contributed by atoms with van der Waals surface area (Å²) in [6.07, 6.45) is 4.96. The van der Waals surface area contributed by atoms with Gasteiger partial charge in [-0.15, -0.1) is 11.3 Å². The van der Waals surface area contributed by atoms with Gasteiger partial charge in [-0.3, -0.25) is 15.2 Å². The maximum absolute atomic E-state index is 14.1. The zero-order chi connectivity index (χ0) is 35.3. The Morgan fingerprint density at radius 3 is 2.36 bits per heavy atom. The molecule has 1 unspecified atom stereocenters. The van der Waals surface area contributed by atoms with E-state index in [-0.39, 0.29) is 18.5 Å². The molecule has 1 N–H and O–H groups in total. The van der Waals surface area contributed by atoms with Crippen LogP contribution in [0.1, 0.15) is 63.5 Å². The average Bonchev–Trinajstić information content (AvgIpc) is 3.63. The van der Waals surface area contributed by atoms with Crippen molar-refractivity contribution in [1.82, 2.24) is 15.2 Å². The minimum absolute atomic E-state index is 0.111. The fraction of sp³-hybridized carbons (Fsp3) is 0.395. The minimum Gasteiger partial charge on any atom is -0.493 e. The smallest absolute Gasteiger partial charge is 0.348 e. The second-order valence-electron chi connectivity index (χ2n) is 12.6. The average molecular weight is 739 g/mol. The van der Waals surface area contributed by atoms with E-state index in [0.717, 1.165) is 42.9 Å². The number of rotatable bonds is 14. The van der Waals surface area contributed by atoms with Gasteiger partial charge in [-0.05, 0) is 79.2 Å². The van der Waals surface area contributed by atoms with E-state index in [4.69, 9.17) is 42.1 Å². The van der Waals surface area contributed by atoms with Gasteiger partial charge in [0.05, 0.1) is 24.3 Å². The first-order valence-corrected chi connectivity index (χ1v) is 18.3. The number of carbonyl (C=O) groups excluding carboxylic acids is 2. The predicted molar refractivity (Wildman–Crippen MR) is 194 cm³/mol. The SMILES string of the molecule is CCC(NCc1ccc(C(=O)O[C@@H](Cc2c(Cl)cncc2Cl)c2ccc(OC)c(OC)c2)s1)(C(=O)O[C@H]1CN2CCC1CC2)c1ccccc1. The molecule has 3 aliphatic rings. The first-order chi connectivity index (χ1) is 24.2. The molecule has 2 aromatic heterocycles. The number of hydrogen-bond acceptors (Lipinski definition) is 10. The van der Waals surface area contributed by atoms with Crippen molar-refractivity contribution in [3.8, 4) is 11.5 Å². The quantitative estimate of drug-likeness (QED) is 0.131. The molecule has 4 aromatic rings. The Morgan fingerprint density at radius 2 is 1.72 bits per heavy atom. The third-order valence-corrected chi connectivity index (χ3v) is 11.5. The van der Waals surface area contributed by atoms with Gasteiger partial charge in [-0.25, -0.2) is 9.59 Å². The lowest BCUT2D eigenvalue weighted by atomic mass is 9.84. The fourth-order valence-electron chi connectivity index (χ4n) is 6.88. The van der Waals surface area contributed by atoms with Crippen LogP contribution < -0.4 is 14.8 Å². The zero-order valence-corrected chi connectivity index (χ0v) is 30.7. The van der Waals surface area contributed by atoms with E-state index >= 15 is 0 Å². The summed E-state index contributed by atoms with van der Waals surface area (Å²) in [6, 6.07) is 18.7. The molecule has 2 bridgehead atoms. The topological polar surface area (TPSA) is 99.2 Å². The molecular weight excluding hydrogens is 697 g/mol. The summed E-state index contributed by atoms with van der Waals surface area (Å²) in [5.41, 5.74) is 1.07. The van der Waals surface area contributed by atoms with Crippen LogP contribution >= 0.6 is 34.5 Å². The number of carbonyl (C=O) groups is 2. The number of fused-ring (bicyclic) bond motifs is 3. The normalized spacial score (nSPS) is 20.1. The van der Waals surface area contributed by atoms with Gasteiger partial charge >= 0.3 is 11.9 Å². The number of nitrogens with one attached hydrogen (secondary N) is 1. The number of piperidine rings is 3. The van der Waals surface area contributed by atoms with Crippen LogP contribution in [0.25, 0.3) is 0 Å². The molecule has 0 spiro atoms. The summed E-state index contributed by atoms with van der Waals surface area (Å²) in [7, 11) is 3.10. The van der Waals surface area contributed by atoms with E-state index in [1.54, 1.807) is 32.4 Å². The number of aromatic nitrogens is 1. The van der Waals surface area contributed by atoms with Crippen LogP contribution in [0.3, 0.4) is 0 Å². The van der Waals surface area contributed by atoms with E-state index in [2.05, 4.69) is 15.2 Å². The Bertz CT molecular complexity index is 1780. The lowest BCUT2D eigenvalue weighted by Gasteiger charge is -2.45. The molecule has 2 aromatic carbocycles. The number of thiophene rings is 1. The van der Waals surface area contributed by atoms with Gasteiger partial charge in [0, 0.05) is 36.8 Å². The highest BCUT2D eigenvalue weighted by Gasteiger charge is 2.44. The van der Waals surface area contributed by atoms with Crippen LogP contribution in [0.2, 0.25) is 10.0 Å². The number of esters is 2. The number of ether oxygens (including phenoxy) is 4. The van der Waals surface area contributed by atoms with Crippen molar-refractivity contribution in [2.75, 3.05) is 33.9 Å². The summed E-state index contributed by atoms with van der Waals surface area (Å²) >= 11 is 14.3. The van der Waals surface area contributed by atoms with Crippen molar-refractivity contribution in [2.45, 2.75) is 56.9 Å².